The molecular formula is C15H18BrN3O2. The van der Waals surface area contributed by atoms with E-state index in [9.17, 15) is 9.90 Å². The second-order valence-electron chi connectivity index (χ2n) is 5.73. The number of hydrogen-bond donors (Lipinski definition) is 1. The monoisotopic (exact) mass is 351 g/mol. The molecule has 1 fully saturated rings. The van der Waals surface area contributed by atoms with Gasteiger partial charge in [-0.15, -0.1) is 0 Å². The van der Waals surface area contributed by atoms with Crippen LogP contribution in [-0.4, -0.2) is 38.6 Å². The van der Waals surface area contributed by atoms with Crippen LogP contribution >= 0.6 is 15.9 Å². The highest BCUT2D eigenvalue weighted by Gasteiger charge is 2.24. The Morgan fingerprint density at radius 3 is 3.05 bits per heavy atom. The predicted molar refractivity (Wildman–Crippen MR) is 84.2 cm³/mol. The summed E-state index contributed by atoms with van der Waals surface area (Å²) in [6.07, 6.45) is 2.29. The summed E-state index contributed by atoms with van der Waals surface area (Å²) < 4.78 is 2.39. The van der Waals surface area contributed by atoms with Crippen LogP contribution in [0, 0.1) is 5.92 Å². The van der Waals surface area contributed by atoms with Crippen molar-refractivity contribution >= 4 is 21.6 Å². The molecule has 0 bridgehead atoms. The molecule has 1 aliphatic heterocycles. The highest BCUT2D eigenvalue weighted by Crippen LogP contribution is 2.18. The zero-order valence-electron chi connectivity index (χ0n) is 11.9. The SMILES string of the molecule is CC1CN(Cc2cc(=O)n3cc(Br)ccc3n2)CCC1O. The fourth-order valence-corrected chi connectivity index (χ4v) is 3.14. The molecule has 0 aromatic carbocycles. The van der Waals surface area contributed by atoms with Crippen LogP contribution in [-0.2, 0) is 6.54 Å². The molecule has 2 aromatic rings. The lowest BCUT2D eigenvalue weighted by atomic mass is 9.97. The molecule has 2 aromatic heterocycles. The molecule has 0 amide bonds. The number of piperidine rings is 1. The number of hydrogen-bond acceptors (Lipinski definition) is 4. The summed E-state index contributed by atoms with van der Waals surface area (Å²) >= 11 is 3.36. The van der Waals surface area contributed by atoms with E-state index in [1.165, 1.54) is 4.40 Å². The first kappa shape index (κ1) is 14.7. The van der Waals surface area contributed by atoms with Crippen molar-refractivity contribution in [3.63, 3.8) is 0 Å². The largest absolute Gasteiger partial charge is 0.393 e. The van der Waals surface area contributed by atoms with Crippen molar-refractivity contribution in [2.75, 3.05) is 13.1 Å². The number of halogens is 1. The fraction of sp³-hybridized carbons (Fsp3) is 0.467. The average molecular weight is 352 g/mol. The van der Waals surface area contributed by atoms with E-state index in [-0.39, 0.29) is 17.6 Å². The summed E-state index contributed by atoms with van der Waals surface area (Å²) in [7, 11) is 0. The van der Waals surface area contributed by atoms with Crippen molar-refractivity contribution < 1.29 is 5.11 Å². The lowest BCUT2D eigenvalue weighted by Gasteiger charge is -2.34. The van der Waals surface area contributed by atoms with E-state index >= 15 is 0 Å². The maximum atomic E-state index is 12.2. The summed E-state index contributed by atoms with van der Waals surface area (Å²) in [4.78, 5) is 19.0. The van der Waals surface area contributed by atoms with Gasteiger partial charge in [0.15, 0.2) is 0 Å². The highest BCUT2D eigenvalue weighted by molar-refractivity contribution is 9.10. The Morgan fingerprint density at radius 1 is 1.48 bits per heavy atom. The van der Waals surface area contributed by atoms with Crippen LogP contribution in [0.25, 0.3) is 5.65 Å². The number of rotatable bonds is 2. The molecule has 2 atom stereocenters. The molecule has 3 rings (SSSR count). The van der Waals surface area contributed by atoms with Crippen molar-refractivity contribution in [1.29, 1.82) is 0 Å². The Hall–Kier alpha value is -1.24. The first-order chi connectivity index (χ1) is 10.0. The first-order valence-corrected chi connectivity index (χ1v) is 7.90. The maximum Gasteiger partial charge on any atom is 0.258 e. The van der Waals surface area contributed by atoms with Crippen molar-refractivity contribution in [2.45, 2.75) is 26.0 Å². The van der Waals surface area contributed by atoms with Crippen molar-refractivity contribution in [3.8, 4) is 0 Å². The number of pyridine rings is 1. The lowest BCUT2D eigenvalue weighted by Crippen LogP contribution is -2.41. The van der Waals surface area contributed by atoms with E-state index in [4.69, 9.17) is 0 Å². The topological polar surface area (TPSA) is 57.8 Å². The predicted octanol–water partition coefficient (Wildman–Crippen LogP) is 1.66. The third-order valence-corrected chi connectivity index (χ3v) is 4.48. The van der Waals surface area contributed by atoms with Crippen molar-refractivity contribution in [1.82, 2.24) is 14.3 Å². The van der Waals surface area contributed by atoms with Crippen LogP contribution in [0.1, 0.15) is 19.0 Å². The molecule has 2 unspecified atom stereocenters. The van der Waals surface area contributed by atoms with Gasteiger partial charge in [0.25, 0.3) is 5.56 Å². The van der Waals surface area contributed by atoms with Gasteiger partial charge >= 0.3 is 0 Å². The van der Waals surface area contributed by atoms with Gasteiger partial charge in [0.1, 0.15) is 5.65 Å². The Bertz CT molecular complexity index is 716. The zero-order valence-corrected chi connectivity index (χ0v) is 13.5. The number of likely N-dealkylation sites (tertiary alicyclic amines) is 1. The third-order valence-electron chi connectivity index (χ3n) is 4.01. The van der Waals surface area contributed by atoms with Crippen molar-refractivity contribution in [2.24, 2.45) is 5.92 Å². The lowest BCUT2D eigenvalue weighted by molar-refractivity contribution is 0.0315. The summed E-state index contributed by atoms with van der Waals surface area (Å²) in [5, 5.41) is 9.77. The molecule has 1 aliphatic rings. The van der Waals surface area contributed by atoms with Gasteiger partial charge in [-0.3, -0.25) is 14.1 Å². The molecule has 1 saturated heterocycles. The summed E-state index contributed by atoms with van der Waals surface area (Å²) in [6.45, 7) is 4.38. The van der Waals surface area contributed by atoms with Gasteiger partial charge in [0.2, 0.25) is 0 Å². The van der Waals surface area contributed by atoms with E-state index < -0.39 is 0 Å². The molecule has 0 spiro atoms. The molecule has 3 heterocycles. The van der Waals surface area contributed by atoms with Gasteiger partial charge in [-0.25, -0.2) is 4.98 Å². The molecule has 21 heavy (non-hydrogen) atoms. The Labute approximate surface area is 131 Å². The highest BCUT2D eigenvalue weighted by atomic mass is 79.9. The number of fused-ring (bicyclic) bond motifs is 1. The molecule has 0 aliphatic carbocycles. The van der Waals surface area contributed by atoms with Gasteiger partial charge in [-0.2, -0.15) is 0 Å². The molecular weight excluding hydrogens is 334 g/mol. The number of aliphatic hydroxyl groups is 1. The fourth-order valence-electron chi connectivity index (χ4n) is 2.80. The first-order valence-electron chi connectivity index (χ1n) is 7.11. The van der Waals surface area contributed by atoms with Gasteiger partial charge in [0.05, 0.1) is 11.8 Å². The maximum absolute atomic E-state index is 12.2. The van der Waals surface area contributed by atoms with E-state index in [1.807, 2.05) is 12.1 Å². The van der Waals surface area contributed by atoms with Gasteiger partial charge in [-0.05, 0) is 40.4 Å². The van der Waals surface area contributed by atoms with Crippen LogP contribution in [0.4, 0.5) is 0 Å². The molecule has 112 valence electrons. The molecule has 0 radical (unpaired) electrons. The number of aromatic nitrogens is 2. The average Bonchev–Trinajstić information content (AvgIpc) is 2.44. The smallest absolute Gasteiger partial charge is 0.258 e. The van der Waals surface area contributed by atoms with Crippen LogP contribution in [0.15, 0.2) is 33.7 Å². The molecule has 6 heteroatoms. The standard InChI is InChI=1S/C15H18BrN3O2/c1-10-7-18(5-4-13(10)20)9-12-6-15(21)19-8-11(16)2-3-14(19)17-12/h2-3,6,8,10,13,20H,4-5,7,9H2,1H3. The molecule has 0 saturated carbocycles. The van der Waals surface area contributed by atoms with Crippen LogP contribution in [0.5, 0.6) is 0 Å². The second kappa shape index (κ2) is 5.87. The van der Waals surface area contributed by atoms with Crippen LogP contribution in [0.2, 0.25) is 0 Å². The Morgan fingerprint density at radius 2 is 2.29 bits per heavy atom. The minimum absolute atomic E-state index is 0.0682. The zero-order chi connectivity index (χ0) is 15.0. The second-order valence-corrected chi connectivity index (χ2v) is 6.65. The van der Waals surface area contributed by atoms with Crippen LogP contribution in [0.3, 0.4) is 0 Å². The summed E-state index contributed by atoms with van der Waals surface area (Å²) in [6, 6.07) is 5.30. The van der Waals surface area contributed by atoms with Gasteiger partial charge in [-0.1, -0.05) is 6.92 Å². The summed E-state index contributed by atoms with van der Waals surface area (Å²) in [5.74, 6) is 0.260. The molecule has 5 nitrogen and oxygen atoms in total. The number of nitrogens with zero attached hydrogens (tertiary/aromatic N) is 3. The number of aliphatic hydroxyl groups excluding tert-OH is 1. The van der Waals surface area contributed by atoms with E-state index in [0.717, 1.165) is 29.7 Å². The molecule has 1 N–H and O–H groups in total. The third kappa shape index (κ3) is 3.17. The Kier molecular flexibility index (Phi) is 4.10. The minimum atomic E-state index is -0.214. The van der Waals surface area contributed by atoms with E-state index in [0.29, 0.717) is 12.2 Å². The van der Waals surface area contributed by atoms with E-state index in [2.05, 4.69) is 32.7 Å². The summed E-state index contributed by atoms with van der Waals surface area (Å²) in [5.41, 5.74) is 1.37. The minimum Gasteiger partial charge on any atom is -0.393 e. The van der Waals surface area contributed by atoms with Crippen LogP contribution < -0.4 is 5.56 Å². The normalized spacial score (nSPS) is 23.6. The quantitative estimate of drug-likeness (QED) is 0.893. The van der Waals surface area contributed by atoms with E-state index in [1.54, 1.807) is 12.3 Å². The van der Waals surface area contributed by atoms with Crippen molar-refractivity contribution in [3.05, 3.63) is 44.9 Å². The van der Waals surface area contributed by atoms with Gasteiger partial charge in [0, 0.05) is 36.4 Å². The van der Waals surface area contributed by atoms with Gasteiger partial charge < -0.3 is 5.11 Å². The Balaban J connectivity index is 1.85.